The number of hydrogen-bond donors (Lipinski definition) is 1. The van der Waals surface area contributed by atoms with Crippen LogP contribution in [-0.2, 0) is 0 Å². The maximum Gasteiger partial charge on any atom is 0.0168 e. The van der Waals surface area contributed by atoms with Crippen molar-refractivity contribution in [3.05, 3.63) is 0 Å². The summed E-state index contributed by atoms with van der Waals surface area (Å²) < 4.78 is 0. The summed E-state index contributed by atoms with van der Waals surface area (Å²) in [7, 11) is 0. The zero-order valence-electron chi connectivity index (χ0n) is 9.01. The van der Waals surface area contributed by atoms with Crippen molar-refractivity contribution in [2.24, 2.45) is 0 Å². The van der Waals surface area contributed by atoms with Gasteiger partial charge >= 0.3 is 0 Å². The molecule has 0 radical (unpaired) electrons. The van der Waals surface area contributed by atoms with Crippen molar-refractivity contribution in [2.45, 2.75) is 58.0 Å². The number of unbranched alkanes of at least 4 members (excludes halogenated alkanes) is 2. The van der Waals surface area contributed by atoms with E-state index in [9.17, 15) is 0 Å². The van der Waals surface area contributed by atoms with Gasteiger partial charge in [0.25, 0.3) is 0 Å². The first-order chi connectivity index (χ1) is 6.33. The Morgan fingerprint density at radius 3 is 2.92 bits per heavy atom. The average Bonchev–Trinajstić information content (AvgIpc) is 2.57. The monoisotopic (exact) mass is 201 g/mol. The van der Waals surface area contributed by atoms with Crippen LogP contribution in [0.15, 0.2) is 0 Å². The molecule has 0 bridgehead atoms. The fraction of sp³-hybridized carbons (Fsp3) is 1.00. The molecule has 1 heterocycles. The summed E-state index contributed by atoms with van der Waals surface area (Å²) in [6.45, 7) is 4.60. The molecule has 1 nitrogen and oxygen atoms in total. The van der Waals surface area contributed by atoms with Crippen LogP contribution in [0, 0.1) is 0 Å². The highest BCUT2D eigenvalue weighted by Crippen LogP contribution is 2.18. The third kappa shape index (κ3) is 4.92. The molecular formula is C11H23NS. The van der Waals surface area contributed by atoms with Crippen molar-refractivity contribution in [3.63, 3.8) is 0 Å². The minimum absolute atomic E-state index is 0.732. The minimum atomic E-state index is 0.732. The average molecular weight is 201 g/mol. The Morgan fingerprint density at radius 1 is 1.46 bits per heavy atom. The van der Waals surface area contributed by atoms with Gasteiger partial charge in [-0.05, 0) is 25.5 Å². The largest absolute Gasteiger partial charge is 0.311 e. The Bertz CT molecular complexity index is 121. The van der Waals surface area contributed by atoms with Crippen molar-refractivity contribution in [1.29, 1.82) is 0 Å². The summed E-state index contributed by atoms with van der Waals surface area (Å²) in [6, 6.07) is 1.54. The molecule has 1 aliphatic heterocycles. The van der Waals surface area contributed by atoms with Gasteiger partial charge in [-0.15, -0.1) is 0 Å². The molecule has 0 saturated carbocycles. The second-order valence-electron chi connectivity index (χ2n) is 4.12. The van der Waals surface area contributed by atoms with Gasteiger partial charge in [0.15, 0.2) is 0 Å². The molecule has 2 heteroatoms. The van der Waals surface area contributed by atoms with Gasteiger partial charge in [0.1, 0.15) is 0 Å². The fourth-order valence-corrected chi connectivity index (χ4v) is 3.02. The highest BCUT2D eigenvalue weighted by Gasteiger charge is 2.16. The Hall–Kier alpha value is 0.310. The predicted octanol–water partition coefficient (Wildman–Crippen LogP) is 3.05. The van der Waals surface area contributed by atoms with Crippen LogP contribution in [0.2, 0.25) is 0 Å². The maximum atomic E-state index is 3.72. The molecule has 1 N–H and O–H groups in total. The molecule has 0 spiro atoms. The third-order valence-corrected chi connectivity index (χ3v) is 3.85. The quantitative estimate of drug-likeness (QED) is 0.663. The molecule has 0 aliphatic carbocycles. The lowest BCUT2D eigenvalue weighted by atomic mass is 10.1. The highest BCUT2D eigenvalue weighted by molar-refractivity contribution is 7.99. The van der Waals surface area contributed by atoms with Crippen LogP contribution in [0.4, 0.5) is 0 Å². The molecule has 78 valence electrons. The van der Waals surface area contributed by atoms with E-state index in [4.69, 9.17) is 0 Å². The van der Waals surface area contributed by atoms with E-state index in [2.05, 4.69) is 30.9 Å². The molecule has 2 unspecified atom stereocenters. The highest BCUT2D eigenvalue weighted by atomic mass is 32.2. The van der Waals surface area contributed by atoms with E-state index in [0.29, 0.717) is 0 Å². The van der Waals surface area contributed by atoms with Gasteiger partial charge in [0.05, 0.1) is 0 Å². The lowest BCUT2D eigenvalue weighted by molar-refractivity contribution is 0.436. The molecule has 2 atom stereocenters. The summed E-state index contributed by atoms with van der Waals surface area (Å²) in [6.07, 6.45) is 6.86. The van der Waals surface area contributed by atoms with E-state index in [-0.39, 0.29) is 0 Å². The van der Waals surface area contributed by atoms with Crippen molar-refractivity contribution >= 4 is 11.8 Å². The number of thioether (sulfide) groups is 1. The van der Waals surface area contributed by atoms with E-state index >= 15 is 0 Å². The van der Waals surface area contributed by atoms with Crippen LogP contribution < -0.4 is 5.32 Å². The number of nitrogens with one attached hydrogen (secondary N) is 1. The van der Waals surface area contributed by atoms with Gasteiger partial charge in [0, 0.05) is 17.8 Å². The van der Waals surface area contributed by atoms with Gasteiger partial charge in [-0.25, -0.2) is 0 Å². The SMILES string of the molecule is CCCCCC(C)NC1CCSC1. The standard InChI is InChI=1S/C11H23NS/c1-3-4-5-6-10(2)12-11-7-8-13-9-11/h10-12H,3-9H2,1-2H3. The molecule has 0 aromatic rings. The molecule has 1 fully saturated rings. The number of rotatable bonds is 6. The summed E-state index contributed by atoms with van der Waals surface area (Å²) in [5, 5.41) is 3.72. The van der Waals surface area contributed by atoms with Crippen molar-refractivity contribution in [2.75, 3.05) is 11.5 Å². The normalized spacial score (nSPS) is 24.9. The maximum absolute atomic E-state index is 3.72. The Morgan fingerprint density at radius 2 is 2.31 bits per heavy atom. The zero-order valence-corrected chi connectivity index (χ0v) is 9.83. The van der Waals surface area contributed by atoms with Gasteiger partial charge in [-0.3, -0.25) is 0 Å². The first-order valence-electron chi connectivity index (χ1n) is 5.66. The molecular weight excluding hydrogens is 178 g/mol. The molecule has 1 aliphatic rings. The van der Waals surface area contributed by atoms with Gasteiger partial charge in [0.2, 0.25) is 0 Å². The lowest BCUT2D eigenvalue weighted by Gasteiger charge is -2.18. The predicted molar refractivity (Wildman–Crippen MR) is 62.5 cm³/mol. The second-order valence-corrected chi connectivity index (χ2v) is 5.27. The van der Waals surface area contributed by atoms with E-state index in [0.717, 1.165) is 12.1 Å². The van der Waals surface area contributed by atoms with E-state index in [1.54, 1.807) is 0 Å². The van der Waals surface area contributed by atoms with Crippen LogP contribution in [0.3, 0.4) is 0 Å². The zero-order chi connectivity index (χ0) is 9.52. The minimum Gasteiger partial charge on any atom is -0.311 e. The summed E-state index contributed by atoms with van der Waals surface area (Å²) >= 11 is 2.09. The molecule has 1 rings (SSSR count). The van der Waals surface area contributed by atoms with Gasteiger partial charge in [-0.1, -0.05) is 26.2 Å². The second kappa shape index (κ2) is 6.72. The van der Waals surface area contributed by atoms with Crippen LogP contribution in [0.1, 0.15) is 46.0 Å². The Balaban J connectivity index is 1.99. The first kappa shape index (κ1) is 11.4. The van der Waals surface area contributed by atoms with Crippen molar-refractivity contribution in [1.82, 2.24) is 5.32 Å². The summed E-state index contributed by atoms with van der Waals surface area (Å²) in [5.41, 5.74) is 0. The van der Waals surface area contributed by atoms with Crippen molar-refractivity contribution < 1.29 is 0 Å². The van der Waals surface area contributed by atoms with Crippen LogP contribution >= 0.6 is 11.8 Å². The molecule has 0 aromatic carbocycles. The van der Waals surface area contributed by atoms with Crippen LogP contribution in [0.25, 0.3) is 0 Å². The van der Waals surface area contributed by atoms with Crippen molar-refractivity contribution in [3.8, 4) is 0 Å². The van der Waals surface area contributed by atoms with Crippen LogP contribution in [-0.4, -0.2) is 23.6 Å². The van der Waals surface area contributed by atoms with E-state index in [1.165, 1.54) is 43.6 Å². The summed E-state index contributed by atoms with van der Waals surface area (Å²) in [5.74, 6) is 2.69. The van der Waals surface area contributed by atoms with Gasteiger partial charge in [-0.2, -0.15) is 11.8 Å². The first-order valence-corrected chi connectivity index (χ1v) is 6.82. The summed E-state index contributed by atoms with van der Waals surface area (Å²) in [4.78, 5) is 0. The molecule has 0 amide bonds. The Labute approximate surface area is 87.1 Å². The Kier molecular flexibility index (Phi) is 5.88. The molecule has 1 saturated heterocycles. The topological polar surface area (TPSA) is 12.0 Å². The molecule has 13 heavy (non-hydrogen) atoms. The number of hydrogen-bond acceptors (Lipinski definition) is 2. The van der Waals surface area contributed by atoms with E-state index < -0.39 is 0 Å². The third-order valence-electron chi connectivity index (χ3n) is 2.69. The van der Waals surface area contributed by atoms with E-state index in [1.807, 2.05) is 0 Å². The van der Waals surface area contributed by atoms with Gasteiger partial charge < -0.3 is 5.32 Å². The smallest absolute Gasteiger partial charge is 0.0168 e. The molecule has 0 aromatic heterocycles. The van der Waals surface area contributed by atoms with Crippen LogP contribution in [0.5, 0.6) is 0 Å². The fourth-order valence-electron chi connectivity index (χ4n) is 1.85. The lowest BCUT2D eigenvalue weighted by Crippen LogP contribution is -2.36.